The van der Waals surface area contributed by atoms with Crippen LogP contribution >= 0.6 is 0 Å². The molecule has 0 spiro atoms. The lowest BCUT2D eigenvalue weighted by Crippen LogP contribution is -2.16. The summed E-state index contributed by atoms with van der Waals surface area (Å²) in [6, 6.07) is 6.07. The van der Waals surface area contributed by atoms with Crippen molar-refractivity contribution in [2.24, 2.45) is 5.92 Å². The van der Waals surface area contributed by atoms with E-state index >= 15 is 0 Å². The Labute approximate surface area is 127 Å². The molecule has 0 radical (unpaired) electrons. The fourth-order valence-corrected chi connectivity index (χ4v) is 3.09. The van der Waals surface area contributed by atoms with Crippen molar-refractivity contribution in [1.29, 1.82) is 0 Å². The SMILES string of the molecule is Fc1ccc(CNC2CC2)cc1COCC1CCCCC1. The highest BCUT2D eigenvalue weighted by Gasteiger charge is 2.20. The molecule has 1 aromatic rings. The number of halogens is 1. The van der Waals surface area contributed by atoms with E-state index in [0.29, 0.717) is 24.1 Å². The van der Waals surface area contributed by atoms with Gasteiger partial charge in [-0.3, -0.25) is 0 Å². The Balaban J connectivity index is 1.47. The smallest absolute Gasteiger partial charge is 0.128 e. The minimum atomic E-state index is -0.145. The van der Waals surface area contributed by atoms with E-state index in [9.17, 15) is 4.39 Å². The average Bonchev–Trinajstić information content (AvgIpc) is 3.33. The van der Waals surface area contributed by atoms with E-state index in [1.807, 2.05) is 12.1 Å². The van der Waals surface area contributed by atoms with Gasteiger partial charge in [0.05, 0.1) is 6.61 Å². The molecule has 0 aromatic heterocycles. The lowest BCUT2D eigenvalue weighted by molar-refractivity contribution is 0.0722. The maximum absolute atomic E-state index is 13.8. The summed E-state index contributed by atoms with van der Waals surface area (Å²) >= 11 is 0. The first-order valence-electron chi connectivity index (χ1n) is 8.39. The maximum atomic E-state index is 13.8. The first kappa shape index (κ1) is 15.0. The second-order valence-corrected chi connectivity index (χ2v) is 6.60. The normalized spacial score (nSPS) is 19.9. The predicted octanol–water partition coefficient (Wildman–Crippen LogP) is 4.17. The molecule has 0 aliphatic heterocycles. The number of benzene rings is 1. The van der Waals surface area contributed by atoms with Crippen LogP contribution in [0.15, 0.2) is 18.2 Å². The molecular weight excluding hydrogens is 265 g/mol. The Morgan fingerprint density at radius 2 is 1.90 bits per heavy atom. The van der Waals surface area contributed by atoms with Gasteiger partial charge in [-0.1, -0.05) is 25.3 Å². The van der Waals surface area contributed by atoms with E-state index in [-0.39, 0.29) is 5.82 Å². The fraction of sp³-hybridized carbons (Fsp3) is 0.667. The van der Waals surface area contributed by atoms with Crippen LogP contribution in [-0.2, 0) is 17.9 Å². The molecule has 2 aliphatic rings. The molecular formula is C18H26FNO. The summed E-state index contributed by atoms with van der Waals surface area (Å²) in [7, 11) is 0. The summed E-state index contributed by atoms with van der Waals surface area (Å²) in [5, 5.41) is 3.46. The third kappa shape index (κ3) is 4.79. The quantitative estimate of drug-likeness (QED) is 0.814. The van der Waals surface area contributed by atoms with Gasteiger partial charge in [-0.2, -0.15) is 0 Å². The number of hydrogen-bond acceptors (Lipinski definition) is 2. The van der Waals surface area contributed by atoms with E-state index in [1.54, 1.807) is 6.07 Å². The number of hydrogen-bond donors (Lipinski definition) is 1. The molecule has 116 valence electrons. The van der Waals surface area contributed by atoms with Crippen LogP contribution in [0.5, 0.6) is 0 Å². The summed E-state index contributed by atoms with van der Waals surface area (Å²) in [5.74, 6) is 0.537. The molecule has 0 atom stereocenters. The van der Waals surface area contributed by atoms with E-state index in [0.717, 1.165) is 18.7 Å². The molecule has 2 aliphatic carbocycles. The second-order valence-electron chi connectivity index (χ2n) is 6.60. The Morgan fingerprint density at radius 3 is 2.67 bits per heavy atom. The molecule has 2 nitrogen and oxygen atoms in total. The first-order valence-corrected chi connectivity index (χ1v) is 8.39. The number of ether oxygens (including phenoxy) is 1. The Bertz CT molecular complexity index is 453. The van der Waals surface area contributed by atoms with Crippen molar-refractivity contribution in [2.75, 3.05) is 6.61 Å². The van der Waals surface area contributed by atoms with Gasteiger partial charge in [0.25, 0.3) is 0 Å². The molecule has 1 aromatic carbocycles. The van der Waals surface area contributed by atoms with E-state index in [4.69, 9.17) is 4.74 Å². The summed E-state index contributed by atoms with van der Waals surface area (Å²) in [6.45, 7) is 2.02. The van der Waals surface area contributed by atoms with Crippen LogP contribution in [0.1, 0.15) is 56.1 Å². The monoisotopic (exact) mass is 291 g/mol. The van der Waals surface area contributed by atoms with Crippen molar-refractivity contribution in [3.05, 3.63) is 35.1 Å². The zero-order valence-corrected chi connectivity index (χ0v) is 12.7. The van der Waals surface area contributed by atoms with Gasteiger partial charge in [-0.25, -0.2) is 4.39 Å². The molecule has 0 unspecified atom stereocenters. The van der Waals surface area contributed by atoms with Crippen LogP contribution in [0, 0.1) is 11.7 Å². The largest absolute Gasteiger partial charge is 0.376 e. The molecule has 2 fully saturated rings. The topological polar surface area (TPSA) is 21.3 Å². The molecule has 0 saturated heterocycles. The molecule has 0 bridgehead atoms. The highest BCUT2D eigenvalue weighted by molar-refractivity contribution is 5.24. The Kier molecular flexibility index (Phi) is 5.26. The van der Waals surface area contributed by atoms with Crippen molar-refractivity contribution < 1.29 is 9.13 Å². The Morgan fingerprint density at radius 1 is 1.10 bits per heavy atom. The highest BCUT2D eigenvalue weighted by atomic mass is 19.1. The van der Waals surface area contributed by atoms with Gasteiger partial charge in [-0.15, -0.1) is 0 Å². The van der Waals surface area contributed by atoms with Crippen LogP contribution in [0.2, 0.25) is 0 Å². The standard InChI is InChI=1S/C18H26FNO/c19-18-9-6-15(11-20-17-7-8-17)10-16(18)13-21-12-14-4-2-1-3-5-14/h6,9-10,14,17,20H,1-5,7-8,11-13H2. The summed E-state index contributed by atoms with van der Waals surface area (Å²) in [4.78, 5) is 0. The van der Waals surface area contributed by atoms with Crippen LogP contribution in [0.3, 0.4) is 0 Å². The van der Waals surface area contributed by atoms with Gasteiger partial charge < -0.3 is 10.1 Å². The average molecular weight is 291 g/mol. The number of nitrogens with one attached hydrogen (secondary N) is 1. The molecule has 3 rings (SSSR count). The fourth-order valence-electron chi connectivity index (χ4n) is 3.09. The van der Waals surface area contributed by atoms with Crippen molar-refractivity contribution >= 4 is 0 Å². The van der Waals surface area contributed by atoms with Crippen LogP contribution in [-0.4, -0.2) is 12.6 Å². The molecule has 2 saturated carbocycles. The van der Waals surface area contributed by atoms with Crippen molar-refractivity contribution in [3.8, 4) is 0 Å². The first-order chi connectivity index (χ1) is 10.3. The van der Waals surface area contributed by atoms with Gasteiger partial charge in [0.15, 0.2) is 0 Å². The number of rotatable bonds is 7. The molecule has 0 amide bonds. The van der Waals surface area contributed by atoms with E-state index in [1.165, 1.54) is 44.9 Å². The lowest BCUT2D eigenvalue weighted by Gasteiger charge is -2.21. The van der Waals surface area contributed by atoms with Gasteiger partial charge in [0.2, 0.25) is 0 Å². The second kappa shape index (κ2) is 7.37. The van der Waals surface area contributed by atoms with Crippen molar-refractivity contribution in [3.63, 3.8) is 0 Å². The maximum Gasteiger partial charge on any atom is 0.128 e. The van der Waals surface area contributed by atoms with Gasteiger partial charge in [0.1, 0.15) is 5.82 Å². The Hall–Kier alpha value is -0.930. The van der Waals surface area contributed by atoms with Gasteiger partial charge in [0, 0.05) is 24.8 Å². The zero-order chi connectivity index (χ0) is 14.5. The van der Waals surface area contributed by atoms with Crippen LogP contribution < -0.4 is 5.32 Å². The van der Waals surface area contributed by atoms with E-state index < -0.39 is 0 Å². The van der Waals surface area contributed by atoms with Crippen molar-refractivity contribution in [2.45, 2.75) is 64.1 Å². The minimum Gasteiger partial charge on any atom is -0.376 e. The molecule has 1 N–H and O–H groups in total. The highest BCUT2D eigenvalue weighted by Crippen LogP contribution is 2.24. The predicted molar refractivity (Wildman–Crippen MR) is 82.5 cm³/mol. The van der Waals surface area contributed by atoms with Crippen LogP contribution in [0.4, 0.5) is 4.39 Å². The van der Waals surface area contributed by atoms with Gasteiger partial charge >= 0.3 is 0 Å². The van der Waals surface area contributed by atoms with E-state index in [2.05, 4.69) is 5.32 Å². The van der Waals surface area contributed by atoms with Gasteiger partial charge in [-0.05, 0) is 49.3 Å². The third-order valence-corrected chi connectivity index (χ3v) is 4.62. The zero-order valence-electron chi connectivity index (χ0n) is 12.7. The molecule has 3 heteroatoms. The third-order valence-electron chi connectivity index (χ3n) is 4.62. The molecule has 0 heterocycles. The molecule has 21 heavy (non-hydrogen) atoms. The summed E-state index contributed by atoms with van der Waals surface area (Å²) in [6.07, 6.45) is 9.11. The minimum absolute atomic E-state index is 0.145. The van der Waals surface area contributed by atoms with Crippen molar-refractivity contribution in [1.82, 2.24) is 5.32 Å². The lowest BCUT2D eigenvalue weighted by atomic mass is 9.90. The van der Waals surface area contributed by atoms with Crippen LogP contribution in [0.25, 0.3) is 0 Å². The summed E-state index contributed by atoms with van der Waals surface area (Å²) in [5.41, 5.74) is 1.85. The summed E-state index contributed by atoms with van der Waals surface area (Å²) < 4.78 is 19.6.